The van der Waals surface area contributed by atoms with Crippen LogP contribution in [0, 0.1) is 0 Å². The fourth-order valence-electron chi connectivity index (χ4n) is 4.92. The highest BCUT2D eigenvalue weighted by molar-refractivity contribution is 7.99. The summed E-state index contributed by atoms with van der Waals surface area (Å²) in [5.74, 6) is -0.242. The summed E-state index contributed by atoms with van der Waals surface area (Å²) in [4.78, 5) is 24.4. The number of carbonyl (C=O) groups is 2. The second kappa shape index (κ2) is 15.4. The van der Waals surface area contributed by atoms with E-state index in [9.17, 15) is 14.7 Å². The van der Waals surface area contributed by atoms with Crippen LogP contribution >= 0.6 is 23.4 Å². The molecule has 0 aliphatic heterocycles. The summed E-state index contributed by atoms with van der Waals surface area (Å²) in [6.45, 7) is 4.94. The highest BCUT2D eigenvalue weighted by Crippen LogP contribution is 2.41. The molecule has 0 saturated heterocycles. The standard InChI is InChI=1S/C33H39ClN4O4S/c1-3-5-6-7-10-20-38-27-17-16-25(43-21-18-23-12-14-24(15-13-23)31(40)42-4-2)22-26(27)29(30(38)39)36-37-32(41)33(34)19-9-8-11-28(33)35/h8-9,11-17,19,22,28,39H,3-7,10,18,20-21,35H2,1-2H3. The van der Waals surface area contributed by atoms with Gasteiger partial charge in [0.1, 0.15) is 0 Å². The van der Waals surface area contributed by atoms with Crippen LogP contribution in [0.1, 0.15) is 61.9 Å². The summed E-state index contributed by atoms with van der Waals surface area (Å²) in [5.41, 5.74) is 8.78. The molecule has 2 atom stereocenters. The minimum atomic E-state index is -1.53. The summed E-state index contributed by atoms with van der Waals surface area (Å²) >= 11 is 8.20. The van der Waals surface area contributed by atoms with Crippen LogP contribution in [0.15, 0.2) is 81.9 Å². The van der Waals surface area contributed by atoms with Gasteiger partial charge in [-0.15, -0.1) is 33.6 Å². The van der Waals surface area contributed by atoms with Crippen molar-refractivity contribution < 1.29 is 19.4 Å². The molecule has 1 heterocycles. The lowest BCUT2D eigenvalue weighted by atomic mass is 9.94. The molecule has 2 aromatic carbocycles. The average Bonchev–Trinajstić information content (AvgIpc) is 3.27. The lowest BCUT2D eigenvalue weighted by Gasteiger charge is -2.25. The second-order valence-electron chi connectivity index (χ2n) is 10.5. The number of esters is 1. The van der Waals surface area contributed by atoms with Gasteiger partial charge in [-0.1, -0.05) is 69.0 Å². The van der Waals surface area contributed by atoms with Crippen molar-refractivity contribution in [3.05, 3.63) is 77.9 Å². The van der Waals surface area contributed by atoms with Gasteiger partial charge in [-0.05, 0) is 55.7 Å². The highest BCUT2D eigenvalue weighted by Gasteiger charge is 2.40. The molecule has 43 heavy (non-hydrogen) atoms. The predicted molar refractivity (Wildman–Crippen MR) is 174 cm³/mol. The number of aromatic hydroxyl groups is 1. The van der Waals surface area contributed by atoms with E-state index in [4.69, 9.17) is 22.1 Å². The van der Waals surface area contributed by atoms with Crippen molar-refractivity contribution in [3.63, 3.8) is 0 Å². The van der Waals surface area contributed by atoms with Gasteiger partial charge in [0.05, 0.1) is 23.7 Å². The second-order valence-corrected chi connectivity index (χ2v) is 12.3. The molecule has 0 saturated carbocycles. The Morgan fingerprint density at radius 1 is 1.09 bits per heavy atom. The van der Waals surface area contributed by atoms with Crippen LogP contribution < -0.4 is 5.73 Å². The molecule has 1 aromatic heterocycles. The van der Waals surface area contributed by atoms with Crippen molar-refractivity contribution in [1.82, 2.24) is 4.57 Å². The number of benzene rings is 2. The third-order valence-electron chi connectivity index (χ3n) is 7.41. The zero-order valence-corrected chi connectivity index (χ0v) is 26.2. The summed E-state index contributed by atoms with van der Waals surface area (Å²) in [6.07, 6.45) is 12.8. The number of alkyl halides is 1. The monoisotopic (exact) mass is 622 g/mol. The number of rotatable bonds is 14. The van der Waals surface area contributed by atoms with Crippen molar-refractivity contribution in [2.75, 3.05) is 12.4 Å². The number of ether oxygens (including phenoxy) is 1. The van der Waals surface area contributed by atoms with E-state index in [2.05, 4.69) is 17.2 Å². The molecule has 1 aliphatic carbocycles. The Bertz CT molecular complexity index is 1520. The van der Waals surface area contributed by atoms with Gasteiger partial charge in [0.2, 0.25) is 5.88 Å². The Hall–Kier alpha value is -3.40. The van der Waals surface area contributed by atoms with Crippen molar-refractivity contribution in [2.45, 2.75) is 74.7 Å². The maximum atomic E-state index is 13.0. The number of nitrogens with two attached hydrogens (primary N) is 1. The molecule has 1 amide bonds. The van der Waals surface area contributed by atoms with Crippen LogP contribution in [0.4, 0.5) is 5.69 Å². The number of aromatic nitrogens is 1. The van der Waals surface area contributed by atoms with Crippen LogP contribution in [-0.4, -0.2) is 44.8 Å². The van der Waals surface area contributed by atoms with Crippen LogP contribution in [0.25, 0.3) is 10.9 Å². The Labute approximate surface area is 262 Å². The van der Waals surface area contributed by atoms with E-state index in [1.165, 1.54) is 12.5 Å². The number of thioether (sulfide) groups is 1. The van der Waals surface area contributed by atoms with Crippen molar-refractivity contribution >= 4 is 51.8 Å². The van der Waals surface area contributed by atoms with Gasteiger partial charge in [0.25, 0.3) is 5.91 Å². The van der Waals surface area contributed by atoms with E-state index < -0.39 is 16.8 Å². The van der Waals surface area contributed by atoms with Crippen LogP contribution in [0.2, 0.25) is 0 Å². The van der Waals surface area contributed by atoms with Gasteiger partial charge >= 0.3 is 5.97 Å². The molecule has 228 valence electrons. The first-order valence-corrected chi connectivity index (χ1v) is 16.2. The maximum Gasteiger partial charge on any atom is 0.338 e. The van der Waals surface area contributed by atoms with Gasteiger partial charge in [0.15, 0.2) is 10.6 Å². The number of nitrogens with zero attached hydrogens (tertiary/aromatic N) is 3. The summed E-state index contributed by atoms with van der Waals surface area (Å²) in [5, 5.41) is 20.1. The number of unbranched alkanes of at least 4 members (excludes halogenated alkanes) is 4. The fraction of sp³-hybridized carbons (Fsp3) is 0.394. The maximum absolute atomic E-state index is 13.0. The number of hydrogen-bond donors (Lipinski definition) is 2. The predicted octanol–water partition coefficient (Wildman–Crippen LogP) is 7.87. The fourth-order valence-corrected chi connectivity index (χ4v) is 6.04. The molecule has 0 spiro atoms. The molecule has 3 N–H and O–H groups in total. The number of aryl methyl sites for hydroxylation is 2. The largest absolute Gasteiger partial charge is 0.493 e. The molecule has 2 unspecified atom stereocenters. The van der Waals surface area contributed by atoms with Crippen LogP contribution in [0.5, 0.6) is 5.88 Å². The third-order valence-corrected chi connectivity index (χ3v) is 8.95. The molecule has 4 rings (SSSR count). The summed E-state index contributed by atoms with van der Waals surface area (Å²) < 4.78 is 6.89. The minimum absolute atomic E-state index is 0.0297. The molecule has 1 aliphatic rings. The first-order valence-electron chi connectivity index (χ1n) is 14.8. The normalized spacial score (nSPS) is 18.1. The van der Waals surface area contributed by atoms with E-state index in [0.717, 1.165) is 53.8 Å². The lowest BCUT2D eigenvalue weighted by molar-refractivity contribution is -0.119. The van der Waals surface area contributed by atoms with Gasteiger partial charge in [-0.25, -0.2) is 4.79 Å². The van der Waals surface area contributed by atoms with Crippen molar-refractivity contribution in [2.24, 2.45) is 16.0 Å². The molecule has 0 radical (unpaired) electrons. The number of carbonyl (C=O) groups excluding carboxylic acids is 2. The Balaban J connectivity index is 1.53. The van der Waals surface area contributed by atoms with Crippen molar-refractivity contribution in [3.8, 4) is 5.88 Å². The average molecular weight is 623 g/mol. The Kier molecular flexibility index (Phi) is 11.6. The van der Waals surface area contributed by atoms with Gasteiger partial charge in [-0.3, -0.25) is 4.79 Å². The molecule has 8 nitrogen and oxygen atoms in total. The number of amides is 1. The summed E-state index contributed by atoms with van der Waals surface area (Å²) in [6, 6.07) is 12.7. The zero-order valence-electron chi connectivity index (χ0n) is 24.7. The summed E-state index contributed by atoms with van der Waals surface area (Å²) in [7, 11) is 0. The number of halogens is 1. The van der Waals surface area contributed by atoms with Crippen LogP contribution in [0.3, 0.4) is 0 Å². The highest BCUT2D eigenvalue weighted by atomic mass is 35.5. The number of hydrogen-bond acceptors (Lipinski definition) is 7. The van der Waals surface area contributed by atoms with Crippen molar-refractivity contribution in [1.29, 1.82) is 0 Å². The lowest BCUT2D eigenvalue weighted by Crippen LogP contribution is -2.47. The minimum Gasteiger partial charge on any atom is -0.493 e. The van der Waals surface area contributed by atoms with E-state index in [-0.39, 0.29) is 17.5 Å². The van der Waals surface area contributed by atoms with Crippen LogP contribution in [-0.2, 0) is 22.5 Å². The molecule has 3 aromatic rings. The Morgan fingerprint density at radius 3 is 2.58 bits per heavy atom. The number of fused-ring (bicyclic) bond motifs is 1. The number of allylic oxidation sites excluding steroid dienone is 2. The molecular formula is C33H39ClN4O4S. The van der Waals surface area contributed by atoms with E-state index >= 15 is 0 Å². The SMILES string of the molecule is CCCCCCCn1c(O)c(N=NC(=O)C2(Cl)C=CC=CC2N)c2cc(SCCc3ccc(C(=O)OCC)cc3)ccc21. The van der Waals surface area contributed by atoms with Gasteiger partial charge < -0.3 is 20.1 Å². The number of azo groups is 1. The zero-order chi connectivity index (χ0) is 30.8. The molecule has 10 heteroatoms. The third kappa shape index (κ3) is 7.96. The molecular weight excluding hydrogens is 584 g/mol. The van der Waals surface area contributed by atoms with E-state index in [1.807, 2.05) is 34.9 Å². The first-order chi connectivity index (χ1) is 20.8. The smallest absolute Gasteiger partial charge is 0.338 e. The molecule has 0 fully saturated rings. The van der Waals surface area contributed by atoms with Gasteiger partial charge in [-0.2, -0.15) is 0 Å². The van der Waals surface area contributed by atoms with E-state index in [0.29, 0.717) is 24.1 Å². The first kappa shape index (κ1) is 32.5. The quantitative estimate of drug-likeness (QED) is 0.0621. The van der Waals surface area contributed by atoms with Gasteiger partial charge in [0, 0.05) is 22.6 Å². The Morgan fingerprint density at radius 2 is 1.86 bits per heavy atom. The van der Waals surface area contributed by atoms with E-state index in [1.54, 1.807) is 49.0 Å². The topological polar surface area (TPSA) is 119 Å². The molecule has 0 bridgehead atoms.